The molecule has 0 unspecified atom stereocenters. The largest absolute Gasteiger partial charge is 0.748 e. The van der Waals surface area contributed by atoms with Gasteiger partial charge in [0.15, 0.2) is 0 Å². The molecule has 98 valence electrons. The first-order chi connectivity index (χ1) is 7.56. The Kier molecular flexibility index (Phi) is 10.0. The van der Waals surface area contributed by atoms with Gasteiger partial charge in [-0.1, -0.05) is 64.7 Å². The van der Waals surface area contributed by atoms with Crippen LogP contribution >= 0.6 is 0 Å². The molecule has 0 rings (SSSR count). The number of hydrogen-bond donors (Lipinski definition) is 0. The van der Waals surface area contributed by atoms with Gasteiger partial charge in [0.2, 0.25) is 0 Å². The second-order valence-corrected chi connectivity index (χ2v) is 5.97. The van der Waals surface area contributed by atoms with E-state index in [1.165, 1.54) is 44.9 Å². The Labute approximate surface area is 100 Å². The van der Waals surface area contributed by atoms with Gasteiger partial charge >= 0.3 is 0 Å². The molecule has 0 spiro atoms. The lowest BCUT2D eigenvalue weighted by Crippen LogP contribution is -2.03. The molecular weight excluding hydrogens is 224 g/mol. The minimum atomic E-state index is -3.98. The van der Waals surface area contributed by atoms with E-state index >= 15 is 0 Å². The summed E-state index contributed by atoms with van der Waals surface area (Å²) in [6, 6.07) is 0. The first-order valence-corrected chi connectivity index (χ1v) is 8.07. The Morgan fingerprint density at radius 3 is 1.50 bits per heavy atom. The van der Waals surface area contributed by atoms with Crippen LogP contribution in [0.1, 0.15) is 71.1 Å². The van der Waals surface area contributed by atoms with Crippen molar-refractivity contribution in [3.63, 3.8) is 0 Å². The fraction of sp³-hybridized carbons (Fsp3) is 1.00. The van der Waals surface area contributed by atoms with Gasteiger partial charge in [-0.25, -0.2) is 8.42 Å². The van der Waals surface area contributed by atoms with Crippen molar-refractivity contribution in [3.05, 3.63) is 0 Å². The molecule has 0 atom stereocenters. The van der Waals surface area contributed by atoms with E-state index in [1.807, 2.05) is 0 Å². The third-order valence-electron chi connectivity index (χ3n) is 2.75. The SMILES string of the molecule is CCCCCCCCCCCCS(=O)(=O)[O-]. The predicted octanol–water partition coefficient (Wildman–Crippen LogP) is 3.45. The lowest BCUT2D eigenvalue weighted by molar-refractivity contribution is 0.459. The van der Waals surface area contributed by atoms with Gasteiger partial charge in [0.1, 0.15) is 0 Å². The summed E-state index contributed by atoms with van der Waals surface area (Å²) in [5.74, 6) is -0.191. The molecule has 0 aliphatic heterocycles. The van der Waals surface area contributed by atoms with E-state index in [1.54, 1.807) is 0 Å². The highest BCUT2D eigenvalue weighted by molar-refractivity contribution is 7.85. The van der Waals surface area contributed by atoms with Crippen LogP contribution in [-0.2, 0) is 10.1 Å². The van der Waals surface area contributed by atoms with Crippen LogP contribution in [0.25, 0.3) is 0 Å². The highest BCUT2D eigenvalue weighted by Gasteiger charge is 1.96. The predicted molar refractivity (Wildman–Crippen MR) is 66.4 cm³/mol. The summed E-state index contributed by atoms with van der Waals surface area (Å²) in [4.78, 5) is 0. The average Bonchev–Trinajstić information content (AvgIpc) is 2.19. The van der Waals surface area contributed by atoms with E-state index in [0.717, 1.165) is 12.8 Å². The zero-order valence-corrected chi connectivity index (χ0v) is 11.2. The number of hydrogen-bond acceptors (Lipinski definition) is 3. The summed E-state index contributed by atoms with van der Waals surface area (Å²) in [6.07, 6.45) is 11.4. The van der Waals surface area contributed by atoms with E-state index in [0.29, 0.717) is 6.42 Å². The van der Waals surface area contributed by atoms with Crippen LogP contribution in [0.5, 0.6) is 0 Å². The van der Waals surface area contributed by atoms with Crippen LogP contribution in [0.2, 0.25) is 0 Å². The Bertz CT molecular complexity index is 235. The zero-order chi connectivity index (χ0) is 12.3. The van der Waals surface area contributed by atoms with Crippen molar-refractivity contribution in [3.8, 4) is 0 Å². The molecule has 4 heteroatoms. The van der Waals surface area contributed by atoms with E-state index in [2.05, 4.69) is 6.92 Å². The van der Waals surface area contributed by atoms with Gasteiger partial charge in [-0.2, -0.15) is 0 Å². The normalized spacial score (nSPS) is 11.9. The van der Waals surface area contributed by atoms with Crippen molar-refractivity contribution >= 4 is 10.1 Å². The second kappa shape index (κ2) is 10.1. The summed E-state index contributed by atoms with van der Waals surface area (Å²) in [7, 11) is -3.98. The van der Waals surface area contributed by atoms with Crippen LogP contribution < -0.4 is 0 Å². The summed E-state index contributed by atoms with van der Waals surface area (Å²) in [5, 5.41) is 0. The average molecular weight is 249 g/mol. The summed E-state index contributed by atoms with van der Waals surface area (Å²) >= 11 is 0. The molecule has 3 nitrogen and oxygen atoms in total. The lowest BCUT2D eigenvalue weighted by Gasteiger charge is -2.05. The van der Waals surface area contributed by atoms with Crippen molar-refractivity contribution in [2.45, 2.75) is 71.1 Å². The molecule has 0 aliphatic carbocycles. The third-order valence-corrected chi connectivity index (χ3v) is 3.54. The Hall–Kier alpha value is -0.0900. The van der Waals surface area contributed by atoms with Gasteiger partial charge in [-0.15, -0.1) is 0 Å². The summed E-state index contributed by atoms with van der Waals surface area (Å²) < 4.78 is 30.9. The quantitative estimate of drug-likeness (QED) is 0.416. The fourth-order valence-corrected chi connectivity index (χ4v) is 2.32. The van der Waals surface area contributed by atoms with Gasteiger partial charge in [0.25, 0.3) is 0 Å². The molecule has 0 aromatic heterocycles. The topological polar surface area (TPSA) is 57.2 Å². The van der Waals surface area contributed by atoms with Crippen LogP contribution in [0, 0.1) is 0 Å². The molecule has 0 aromatic carbocycles. The molecule has 0 aromatic rings. The number of rotatable bonds is 11. The van der Waals surface area contributed by atoms with Crippen molar-refractivity contribution in [2.24, 2.45) is 0 Å². The van der Waals surface area contributed by atoms with E-state index in [-0.39, 0.29) is 5.75 Å². The molecule has 0 saturated heterocycles. The maximum absolute atomic E-state index is 10.3. The maximum Gasteiger partial charge on any atom is 0.0945 e. The van der Waals surface area contributed by atoms with Crippen LogP contribution in [0.15, 0.2) is 0 Å². The van der Waals surface area contributed by atoms with Crippen molar-refractivity contribution < 1.29 is 13.0 Å². The minimum absolute atomic E-state index is 0.191. The molecule has 0 N–H and O–H groups in total. The van der Waals surface area contributed by atoms with Crippen molar-refractivity contribution in [2.75, 3.05) is 5.75 Å². The maximum atomic E-state index is 10.3. The molecule has 0 bridgehead atoms. The highest BCUT2D eigenvalue weighted by atomic mass is 32.2. The number of unbranched alkanes of at least 4 members (excludes halogenated alkanes) is 9. The Balaban J connectivity index is 3.05. The van der Waals surface area contributed by atoms with Gasteiger partial charge in [0.05, 0.1) is 10.1 Å². The summed E-state index contributed by atoms with van der Waals surface area (Å²) in [5.41, 5.74) is 0. The molecule has 0 aliphatic rings. The van der Waals surface area contributed by atoms with Gasteiger partial charge in [-0.05, 0) is 6.42 Å². The van der Waals surface area contributed by atoms with Crippen molar-refractivity contribution in [1.82, 2.24) is 0 Å². The lowest BCUT2D eigenvalue weighted by atomic mass is 10.1. The molecule has 0 radical (unpaired) electrons. The van der Waals surface area contributed by atoms with Crippen LogP contribution in [-0.4, -0.2) is 18.7 Å². The standard InChI is InChI=1S/C12H26O3S/c1-2-3-4-5-6-7-8-9-10-11-12-16(13,14)15/h2-12H2,1H3,(H,13,14,15)/p-1. The van der Waals surface area contributed by atoms with Crippen molar-refractivity contribution in [1.29, 1.82) is 0 Å². The van der Waals surface area contributed by atoms with Gasteiger partial charge < -0.3 is 4.55 Å². The minimum Gasteiger partial charge on any atom is -0.748 e. The molecule has 0 heterocycles. The zero-order valence-electron chi connectivity index (χ0n) is 10.4. The van der Waals surface area contributed by atoms with Crippen LogP contribution in [0.3, 0.4) is 0 Å². The first-order valence-electron chi connectivity index (χ1n) is 6.50. The Morgan fingerprint density at radius 2 is 1.12 bits per heavy atom. The van der Waals surface area contributed by atoms with Gasteiger partial charge in [0, 0.05) is 5.75 Å². The highest BCUT2D eigenvalue weighted by Crippen LogP contribution is 2.10. The smallest absolute Gasteiger partial charge is 0.0945 e. The first kappa shape index (κ1) is 15.9. The molecule has 0 saturated carbocycles. The molecule has 16 heavy (non-hydrogen) atoms. The van der Waals surface area contributed by atoms with E-state index < -0.39 is 10.1 Å². The molecule has 0 fully saturated rings. The monoisotopic (exact) mass is 249 g/mol. The van der Waals surface area contributed by atoms with Gasteiger partial charge in [-0.3, -0.25) is 0 Å². The fourth-order valence-electron chi connectivity index (χ4n) is 1.77. The summed E-state index contributed by atoms with van der Waals surface area (Å²) in [6.45, 7) is 2.21. The van der Waals surface area contributed by atoms with E-state index in [4.69, 9.17) is 0 Å². The van der Waals surface area contributed by atoms with Crippen LogP contribution in [0.4, 0.5) is 0 Å². The molecular formula is C12H25O3S-. The Morgan fingerprint density at radius 1 is 0.750 bits per heavy atom. The second-order valence-electron chi connectivity index (χ2n) is 4.44. The molecule has 0 amide bonds. The van der Waals surface area contributed by atoms with E-state index in [9.17, 15) is 13.0 Å². The third kappa shape index (κ3) is 13.9.